The van der Waals surface area contributed by atoms with Gasteiger partial charge in [-0.1, -0.05) is 54.6 Å². The molecule has 0 fully saturated rings. The van der Waals surface area contributed by atoms with E-state index in [1.165, 1.54) is 5.56 Å². The van der Waals surface area contributed by atoms with Crippen molar-refractivity contribution in [2.24, 2.45) is 0 Å². The molecule has 0 aliphatic carbocycles. The molecule has 3 aromatic rings. The SMILES string of the molecule is Cc1cccc2c1Oc1ccccc1N2C(C)c1ccccc1. The highest BCUT2D eigenvalue weighted by Crippen LogP contribution is 2.51. The third-order valence-electron chi connectivity index (χ3n) is 4.46. The van der Waals surface area contributed by atoms with Crippen molar-refractivity contribution in [1.29, 1.82) is 0 Å². The molecule has 2 heteroatoms. The van der Waals surface area contributed by atoms with Gasteiger partial charge in [0, 0.05) is 0 Å². The summed E-state index contributed by atoms with van der Waals surface area (Å²) in [6.45, 7) is 4.33. The maximum absolute atomic E-state index is 6.18. The molecular formula is C21H19NO. The Morgan fingerprint density at radius 3 is 2.30 bits per heavy atom. The Bertz CT molecular complexity index is 841. The topological polar surface area (TPSA) is 12.5 Å². The van der Waals surface area contributed by atoms with Crippen LogP contribution in [0.1, 0.15) is 24.1 Å². The standard InChI is InChI=1S/C21H19NO/c1-15-9-8-13-19-21(15)23-20-14-7-6-12-18(20)22(19)16(2)17-10-4-3-5-11-17/h3-14,16H,1-2H3. The van der Waals surface area contributed by atoms with Gasteiger partial charge in [-0.05, 0) is 43.2 Å². The Morgan fingerprint density at radius 2 is 1.48 bits per heavy atom. The average Bonchev–Trinajstić information content (AvgIpc) is 2.61. The second-order valence-corrected chi connectivity index (χ2v) is 5.95. The summed E-state index contributed by atoms with van der Waals surface area (Å²) in [4.78, 5) is 2.37. The van der Waals surface area contributed by atoms with Crippen LogP contribution in [0.2, 0.25) is 0 Å². The molecule has 0 amide bonds. The van der Waals surface area contributed by atoms with Crippen LogP contribution in [-0.2, 0) is 0 Å². The predicted octanol–water partition coefficient (Wildman–Crippen LogP) is 6.00. The maximum Gasteiger partial charge on any atom is 0.154 e. The van der Waals surface area contributed by atoms with Gasteiger partial charge in [-0.15, -0.1) is 0 Å². The van der Waals surface area contributed by atoms with Crippen LogP contribution in [0.5, 0.6) is 11.5 Å². The van der Waals surface area contributed by atoms with Crippen molar-refractivity contribution >= 4 is 11.4 Å². The van der Waals surface area contributed by atoms with E-state index in [0.29, 0.717) is 0 Å². The summed E-state index contributed by atoms with van der Waals surface area (Å²) in [7, 11) is 0. The number of hydrogen-bond donors (Lipinski definition) is 0. The first-order valence-electron chi connectivity index (χ1n) is 7.96. The molecule has 3 aromatic carbocycles. The average molecular weight is 301 g/mol. The van der Waals surface area contributed by atoms with Gasteiger partial charge in [0.25, 0.3) is 0 Å². The molecule has 0 radical (unpaired) electrons. The van der Waals surface area contributed by atoms with E-state index in [1.54, 1.807) is 0 Å². The fourth-order valence-electron chi connectivity index (χ4n) is 3.24. The summed E-state index contributed by atoms with van der Waals surface area (Å²) in [6.07, 6.45) is 0. The van der Waals surface area contributed by atoms with Crippen molar-refractivity contribution in [3.8, 4) is 11.5 Å². The lowest BCUT2D eigenvalue weighted by molar-refractivity contribution is 0.465. The van der Waals surface area contributed by atoms with Crippen molar-refractivity contribution in [3.63, 3.8) is 0 Å². The van der Waals surface area contributed by atoms with Crippen LogP contribution in [0.25, 0.3) is 0 Å². The Balaban J connectivity index is 1.90. The van der Waals surface area contributed by atoms with Gasteiger partial charge in [0.1, 0.15) is 0 Å². The smallest absolute Gasteiger partial charge is 0.154 e. The molecule has 1 aliphatic rings. The van der Waals surface area contributed by atoms with Crippen molar-refractivity contribution in [3.05, 3.63) is 83.9 Å². The Hall–Kier alpha value is -2.74. The van der Waals surface area contributed by atoms with E-state index in [1.807, 2.05) is 12.1 Å². The lowest BCUT2D eigenvalue weighted by Crippen LogP contribution is -2.25. The van der Waals surface area contributed by atoms with E-state index in [-0.39, 0.29) is 6.04 Å². The molecular weight excluding hydrogens is 282 g/mol. The maximum atomic E-state index is 6.18. The minimum atomic E-state index is 0.224. The summed E-state index contributed by atoms with van der Waals surface area (Å²) in [6, 6.07) is 25.4. The van der Waals surface area contributed by atoms with Gasteiger partial charge in [-0.2, -0.15) is 0 Å². The molecule has 4 rings (SSSR count). The van der Waals surface area contributed by atoms with Crippen LogP contribution in [0.4, 0.5) is 11.4 Å². The first-order chi connectivity index (χ1) is 11.3. The summed E-state index contributed by atoms with van der Waals surface area (Å²) in [5.74, 6) is 1.87. The zero-order valence-corrected chi connectivity index (χ0v) is 13.4. The highest BCUT2D eigenvalue weighted by Gasteiger charge is 2.29. The lowest BCUT2D eigenvalue weighted by Gasteiger charge is -2.37. The second kappa shape index (κ2) is 5.47. The number of anilines is 2. The Kier molecular flexibility index (Phi) is 3.30. The van der Waals surface area contributed by atoms with Gasteiger partial charge in [0.15, 0.2) is 11.5 Å². The van der Waals surface area contributed by atoms with Crippen molar-refractivity contribution in [2.45, 2.75) is 19.9 Å². The van der Waals surface area contributed by atoms with Crippen LogP contribution < -0.4 is 9.64 Å². The second-order valence-electron chi connectivity index (χ2n) is 5.95. The summed E-state index contributed by atoms with van der Waals surface area (Å²) < 4.78 is 6.18. The van der Waals surface area contributed by atoms with E-state index < -0.39 is 0 Å². The number of nitrogens with zero attached hydrogens (tertiary/aromatic N) is 1. The number of hydrogen-bond acceptors (Lipinski definition) is 2. The van der Waals surface area contributed by atoms with Crippen LogP contribution >= 0.6 is 0 Å². The molecule has 0 N–H and O–H groups in total. The van der Waals surface area contributed by atoms with Crippen LogP contribution in [0.15, 0.2) is 72.8 Å². The first-order valence-corrected chi connectivity index (χ1v) is 7.96. The van der Waals surface area contributed by atoms with Crippen molar-refractivity contribution in [2.75, 3.05) is 4.90 Å². The Labute approximate surface area is 137 Å². The van der Waals surface area contributed by atoms with E-state index in [9.17, 15) is 0 Å². The molecule has 23 heavy (non-hydrogen) atoms. The fourth-order valence-corrected chi connectivity index (χ4v) is 3.24. The predicted molar refractivity (Wildman–Crippen MR) is 94.7 cm³/mol. The van der Waals surface area contributed by atoms with Gasteiger partial charge in [0.2, 0.25) is 0 Å². The molecule has 0 saturated carbocycles. The number of rotatable bonds is 2. The van der Waals surface area contributed by atoms with E-state index >= 15 is 0 Å². The third kappa shape index (κ3) is 2.27. The minimum absolute atomic E-state index is 0.224. The molecule has 1 heterocycles. The van der Waals surface area contributed by atoms with Crippen molar-refractivity contribution < 1.29 is 4.74 Å². The van der Waals surface area contributed by atoms with Crippen molar-refractivity contribution in [1.82, 2.24) is 0 Å². The molecule has 0 saturated heterocycles. The van der Waals surface area contributed by atoms with Gasteiger partial charge >= 0.3 is 0 Å². The monoisotopic (exact) mass is 301 g/mol. The fraction of sp³-hybridized carbons (Fsp3) is 0.143. The number of para-hydroxylation sites is 3. The normalized spacial score (nSPS) is 13.7. The number of fused-ring (bicyclic) bond motifs is 2. The zero-order valence-electron chi connectivity index (χ0n) is 13.4. The highest BCUT2D eigenvalue weighted by atomic mass is 16.5. The molecule has 1 atom stereocenters. The van der Waals surface area contributed by atoms with E-state index in [2.05, 4.69) is 79.4 Å². The van der Waals surface area contributed by atoms with Crippen LogP contribution in [0, 0.1) is 6.92 Å². The molecule has 2 nitrogen and oxygen atoms in total. The van der Waals surface area contributed by atoms with Gasteiger partial charge in [0.05, 0.1) is 17.4 Å². The van der Waals surface area contributed by atoms with E-state index in [4.69, 9.17) is 4.74 Å². The van der Waals surface area contributed by atoms with Gasteiger partial charge < -0.3 is 9.64 Å². The quantitative estimate of drug-likeness (QED) is 0.575. The summed E-state index contributed by atoms with van der Waals surface area (Å²) in [5.41, 5.74) is 4.68. The van der Waals surface area contributed by atoms with Crippen LogP contribution in [-0.4, -0.2) is 0 Å². The number of benzene rings is 3. The molecule has 0 bridgehead atoms. The largest absolute Gasteiger partial charge is 0.453 e. The van der Waals surface area contributed by atoms with Crippen LogP contribution in [0.3, 0.4) is 0 Å². The van der Waals surface area contributed by atoms with E-state index in [0.717, 1.165) is 28.4 Å². The molecule has 1 aliphatic heterocycles. The minimum Gasteiger partial charge on any atom is -0.453 e. The Morgan fingerprint density at radius 1 is 0.783 bits per heavy atom. The molecule has 0 spiro atoms. The first kappa shape index (κ1) is 13.9. The zero-order chi connectivity index (χ0) is 15.8. The summed E-state index contributed by atoms with van der Waals surface area (Å²) in [5, 5.41) is 0. The number of ether oxygens (including phenoxy) is 1. The third-order valence-corrected chi connectivity index (χ3v) is 4.46. The molecule has 0 aromatic heterocycles. The molecule has 114 valence electrons. The molecule has 1 unspecified atom stereocenters. The van der Waals surface area contributed by atoms with Gasteiger partial charge in [-0.25, -0.2) is 0 Å². The summed E-state index contributed by atoms with van der Waals surface area (Å²) >= 11 is 0. The van der Waals surface area contributed by atoms with Gasteiger partial charge in [-0.3, -0.25) is 0 Å². The lowest BCUT2D eigenvalue weighted by atomic mass is 10.0. The number of aryl methyl sites for hydroxylation is 1. The highest BCUT2D eigenvalue weighted by molar-refractivity contribution is 5.79.